The van der Waals surface area contributed by atoms with Crippen LogP contribution in [0.25, 0.3) is 0 Å². The van der Waals surface area contributed by atoms with Gasteiger partial charge in [-0.1, -0.05) is 19.8 Å². The van der Waals surface area contributed by atoms with E-state index in [1.54, 1.807) is 31.3 Å². The first-order valence-corrected chi connectivity index (χ1v) is 6.29. The summed E-state index contributed by atoms with van der Waals surface area (Å²) in [7, 11) is 1.58. The molecule has 0 unspecified atom stereocenters. The number of hydrogen-bond acceptors (Lipinski definition) is 2. The first-order valence-electron chi connectivity index (χ1n) is 6.29. The topological polar surface area (TPSA) is 58.2 Å². The molecule has 98 valence electrons. The fourth-order valence-corrected chi connectivity index (χ4v) is 1.60. The van der Waals surface area contributed by atoms with Gasteiger partial charge in [-0.3, -0.25) is 9.59 Å². The Morgan fingerprint density at radius 2 is 1.56 bits per heavy atom. The fourth-order valence-electron chi connectivity index (χ4n) is 1.60. The summed E-state index contributed by atoms with van der Waals surface area (Å²) in [6.07, 6.45) is 3.26. The zero-order chi connectivity index (χ0) is 13.4. The summed E-state index contributed by atoms with van der Waals surface area (Å²) in [6.45, 7) is 2.82. The molecule has 0 aliphatic carbocycles. The van der Waals surface area contributed by atoms with Crippen molar-refractivity contribution in [3.05, 3.63) is 35.4 Å². The van der Waals surface area contributed by atoms with Crippen molar-refractivity contribution in [3.8, 4) is 0 Å². The molecule has 0 radical (unpaired) electrons. The van der Waals surface area contributed by atoms with Gasteiger partial charge in [-0.05, 0) is 30.7 Å². The van der Waals surface area contributed by atoms with Gasteiger partial charge in [-0.2, -0.15) is 0 Å². The van der Waals surface area contributed by atoms with E-state index < -0.39 is 0 Å². The van der Waals surface area contributed by atoms with E-state index in [1.165, 1.54) is 0 Å². The first-order chi connectivity index (χ1) is 8.69. The van der Waals surface area contributed by atoms with E-state index >= 15 is 0 Å². The molecule has 1 rings (SSSR count). The third-order valence-electron chi connectivity index (χ3n) is 2.70. The highest BCUT2D eigenvalue weighted by Gasteiger charge is 2.06. The number of unbranched alkanes of at least 4 members (excludes halogenated alkanes) is 2. The Kier molecular flexibility index (Phi) is 5.91. The van der Waals surface area contributed by atoms with Gasteiger partial charge in [0.1, 0.15) is 0 Å². The molecule has 0 aromatic heterocycles. The lowest BCUT2D eigenvalue weighted by Crippen LogP contribution is -2.24. The fraction of sp³-hybridized carbons (Fsp3) is 0.429. The van der Waals surface area contributed by atoms with Crippen molar-refractivity contribution in [3.63, 3.8) is 0 Å². The highest BCUT2D eigenvalue weighted by Crippen LogP contribution is 2.04. The van der Waals surface area contributed by atoms with Crippen LogP contribution >= 0.6 is 0 Å². The van der Waals surface area contributed by atoms with Crippen molar-refractivity contribution in [2.75, 3.05) is 13.6 Å². The van der Waals surface area contributed by atoms with Gasteiger partial charge < -0.3 is 10.6 Å². The molecule has 0 saturated heterocycles. The summed E-state index contributed by atoms with van der Waals surface area (Å²) >= 11 is 0. The highest BCUT2D eigenvalue weighted by molar-refractivity contribution is 5.97. The third kappa shape index (κ3) is 4.20. The zero-order valence-electron chi connectivity index (χ0n) is 11.0. The quantitative estimate of drug-likeness (QED) is 0.756. The van der Waals surface area contributed by atoms with Crippen LogP contribution in [-0.4, -0.2) is 25.4 Å². The Bertz CT molecular complexity index is 399. The lowest BCUT2D eigenvalue weighted by atomic mass is 10.1. The Morgan fingerprint density at radius 1 is 1.00 bits per heavy atom. The molecule has 0 aliphatic rings. The summed E-state index contributed by atoms with van der Waals surface area (Å²) in [6, 6.07) is 6.64. The summed E-state index contributed by atoms with van der Waals surface area (Å²) in [5, 5.41) is 5.40. The standard InChI is InChI=1S/C14H20N2O2/c1-3-4-5-10-16-14(18)12-8-6-11(7-9-12)13(17)15-2/h6-9H,3-5,10H2,1-2H3,(H,15,17)(H,16,18). The normalized spacial score (nSPS) is 9.89. The molecule has 2 N–H and O–H groups in total. The van der Waals surface area contributed by atoms with E-state index in [0.29, 0.717) is 17.7 Å². The minimum Gasteiger partial charge on any atom is -0.355 e. The third-order valence-corrected chi connectivity index (χ3v) is 2.70. The van der Waals surface area contributed by atoms with Gasteiger partial charge in [-0.25, -0.2) is 0 Å². The predicted molar refractivity (Wildman–Crippen MR) is 71.7 cm³/mol. The summed E-state index contributed by atoms with van der Waals surface area (Å²) in [5.74, 6) is -0.237. The second-order valence-corrected chi connectivity index (χ2v) is 4.12. The minimum absolute atomic E-state index is 0.0884. The van der Waals surface area contributed by atoms with Gasteiger partial charge in [0.15, 0.2) is 0 Å². The summed E-state index contributed by atoms with van der Waals surface area (Å²) in [5.41, 5.74) is 1.14. The Balaban J connectivity index is 2.51. The van der Waals surface area contributed by atoms with E-state index in [2.05, 4.69) is 17.6 Å². The SMILES string of the molecule is CCCCCNC(=O)c1ccc(C(=O)NC)cc1. The summed E-state index contributed by atoms with van der Waals surface area (Å²) in [4.78, 5) is 23.1. The molecule has 0 aliphatic heterocycles. The van der Waals surface area contributed by atoms with Crippen LogP contribution < -0.4 is 10.6 Å². The molecule has 0 spiro atoms. The van der Waals surface area contributed by atoms with Crippen LogP contribution in [0.5, 0.6) is 0 Å². The average molecular weight is 248 g/mol. The molecule has 0 fully saturated rings. The van der Waals surface area contributed by atoms with Crippen LogP contribution in [0.1, 0.15) is 46.9 Å². The predicted octanol–water partition coefficient (Wildman–Crippen LogP) is 1.97. The minimum atomic E-state index is -0.148. The second-order valence-electron chi connectivity index (χ2n) is 4.12. The van der Waals surface area contributed by atoms with E-state index in [9.17, 15) is 9.59 Å². The van der Waals surface area contributed by atoms with Crippen molar-refractivity contribution in [2.24, 2.45) is 0 Å². The molecule has 0 bridgehead atoms. The largest absolute Gasteiger partial charge is 0.355 e. The van der Waals surface area contributed by atoms with Crippen LogP contribution in [0, 0.1) is 0 Å². The smallest absolute Gasteiger partial charge is 0.251 e. The maximum atomic E-state index is 11.7. The van der Waals surface area contributed by atoms with Crippen molar-refractivity contribution in [1.82, 2.24) is 10.6 Å². The van der Waals surface area contributed by atoms with Gasteiger partial charge in [0, 0.05) is 24.7 Å². The highest BCUT2D eigenvalue weighted by atomic mass is 16.2. The molecule has 2 amide bonds. The Labute approximate surface area is 108 Å². The van der Waals surface area contributed by atoms with Crippen molar-refractivity contribution in [2.45, 2.75) is 26.2 Å². The van der Waals surface area contributed by atoms with Gasteiger partial charge >= 0.3 is 0 Å². The molecule has 1 aromatic carbocycles. The van der Waals surface area contributed by atoms with Crippen LogP contribution in [0.2, 0.25) is 0 Å². The van der Waals surface area contributed by atoms with E-state index in [0.717, 1.165) is 19.3 Å². The maximum Gasteiger partial charge on any atom is 0.251 e. The first kappa shape index (κ1) is 14.2. The number of benzene rings is 1. The monoisotopic (exact) mass is 248 g/mol. The Morgan fingerprint density at radius 3 is 2.06 bits per heavy atom. The van der Waals surface area contributed by atoms with Crippen molar-refractivity contribution in [1.29, 1.82) is 0 Å². The Hall–Kier alpha value is -1.84. The average Bonchev–Trinajstić information content (AvgIpc) is 2.42. The van der Waals surface area contributed by atoms with Gasteiger partial charge in [0.2, 0.25) is 0 Å². The molecule has 0 saturated carbocycles. The molecule has 0 atom stereocenters. The number of carbonyl (C=O) groups is 2. The molecular weight excluding hydrogens is 228 g/mol. The van der Waals surface area contributed by atoms with Gasteiger partial charge in [0.25, 0.3) is 11.8 Å². The molecular formula is C14H20N2O2. The molecule has 4 heteroatoms. The number of amides is 2. The number of nitrogens with one attached hydrogen (secondary N) is 2. The van der Waals surface area contributed by atoms with Crippen LogP contribution in [0.4, 0.5) is 0 Å². The second kappa shape index (κ2) is 7.48. The van der Waals surface area contributed by atoms with Crippen molar-refractivity contribution < 1.29 is 9.59 Å². The summed E-state index contributed by atoms with van der Waals surface area (Å²) < 4.78 is 0. The van der Waals surface area contributed by atoms with Crippen LogP contribution in [0.15, 0.2) is 24.3 Å². The van der Waals surface area contributed by atoms with E-state index in [-0.39, 0.29) is 11.8 Å². The van der Waals surface area contributed by atoms with Crippen LogP contribution in [-0.2, 0) is 0 Å². The molecule has 4 nitrogen and oxygen atoms in total. The molecule has 0 heterocycles. The number of carbonyl (C=O) groups excluding carboxylic acids is 2. The van der Waals surface area contributed by atoms with Gasteiger partial charge in [-0.15, -0.1) is 0 Å². The maximum absolute atomic E-state index is 11.7. The molecule has 1 aromatic rings. The lowest BCUT2D eigenvalue weighted by molar-refractivity contribution is 0.0945. The number of hydrogen-bond donors (Lipinski definition) is 2. The molecule has 18 heavy (non-hydrogen) atoms. The van der Waals surface area contributed by atoms with Crippen LogP contribution in [0.3, 0.4) is 0 Å². The van der Waals surface area contributed by atoms with Gasteiger partial charge in [0.05, 0.1) is 0 Å². The van der Waals surface area contributed by atoms with E-state index in [1.807, 2.05) is 0 Å². The van der Waals surface area contributed by atoms with Crippen molar-refractivity contribution >= 4 is 11.8 Å². The van der Waals surface area contributed by atoms with E-state index in [4.69, 9.17) is 0 Å². The zero-order valence-corrected chi connectivity index (χ0v) is 11.0. The number of rotatable bonds is 6. The lowest BCUT2D eigenvalue weighted by Gasteiger charge is -2.05.